The molecule has 1 saturated heterocycles. The second-order valence-electron chi connectivity index (χ2n) is 11.9. The fourth-order valence-corrected chi connectivity index (χ4v) is 5.53. The molecule has 0 bridgehead atoms. The molecule has 5 heteroatoms. The summed E-state index contributed by atoms with van der Waals surface area (Å²) in [6.07, 6.45) is 24.1. The first-order valence-electron chi connectivity index (χ1n) is 16.8. The van der Waals surface area contributed by atoms with Gasteiger partial charge in [-0.2, -0.15) is 0 Å². The van der Waals surface area contributed by atoms with E-state index in [0.717, 1.165) is 55.7 Å². The number of ether oxygens (including phenoxy) is 3. The number of hydrogen-bond donors (Lipinski definition) is 0. The quantitative estimate of drug-likeness (QED) is 0.132. The Hall–Kier alpha value is -1.98. The van der Waals surface area contributed by atoms with Crippen LogP contribution in [-0.4, -0.2) is 31.1 Å². The highest BCUT2D eigenvalue weighted by Gasteiger charge is 2.21. The molecule has 2 aromatic rings. The Morgan fingerprint density at radius 2 is 1.39 bits per heavy atom. The van der Waals surface area contributed by atoms with Gasteiger partial charge in [0.05, 0.1) is 25.5 Å². The van der Waals surface area contributed by atoms with Crippen molar-refractivity contribution >= 4 is 0 Å². The van der Waals surface area contributed by atoms with Crippen molar-refractivity contribution < 1.29 is 18.6 Å². The number of nitrogens with zero attached hydrogens (tertiary/aromatic N) is 1. The van der Waals surface area contributed by atoms with Gasteiger partial charge in [-0.05, 0) is 49.1 Å². The third-order valence-corrected chi connectivity index (χ3v) is 8.23. The van der Waals surface area contributed by atoms with E-state index in [1.165, 1.54) is 96.0 Å². The van der Waals surface area contributed by atoms with Gasteiger partial charge in [0.15, 0.2) is 17.9 Å². The van der Waals surface area contributed by atoms with Gasteiger partial charge in [0.2, 0.25) is 0 Å². The van der Waals surface area contributed by atoms with Crippen molar-refractivity contribution in [2.24, 2.45) is 5.92 Å². The highest BCUT2D eigenvalue weighted by atomic mass is 19.1. The second-order valence-corrected chi connectivity index (χ2v) is 11.9. The van der Waals surface area contributed by atoms with E-state index in [-0.39, 0.29) is 12.1 Å². The van der Waals surface area contributed by atoms with Crippen LogP contribution in [0.15, 0.2) is 36.5 Å². The first-order valence-corrected chi connectivity index (χ1v) is 16.8. The number of hydrogen-bond acceptors (Lipinski definition) is 4. The topological polar surface area (TPSA) is 40.6 Å². The molecule has 4 nitrogen and oxygen atoms in total. The van der Waals surface area contributed by atoms with E-state index in [1.54, 1.807) is 6.07 Å². The fourth-order valence-electron chi connectivity index (χ4n) is 5.53. The molecular weight excluding hydrogens is 513 g/mol. The lowest BCUT2D eigenvalue weighted by Crippen LogP contribution is -2.32. The minimum absolute atomic E-state index is 0.132. The zero-order valence-electron chi connectivity index (χ0n) is 26.0. The van der Waals surface area contributed by atoms with Crippen LogP contribution in [0.2, 0.25) is 0 Å². The number of unbranched alkanes of at least 4 members (excludes halogenated alkanes) is 13. The lowest BCUT2D eigenvalue weighted by Gasteiger charge is -2.29. The van der Waals surface area contributed by atoms with E-state index in [1.807, 2.05) is 18.3 Å². The van der Waals surface area contributed by atoms with Crippen molar-refractivity contribution in [2.75, 3.05) is 19.8 Å². The SMILES string of the molecule is CCCCCCCCCCCCC1COC(CCc2ccc(-c3ccc(OCCCCCCC)c(F)c3)nc2)OC1. The first-order chi connectivity index (χ1) is 20.2. The van der Waals surface area contributed by atoms with E-state index in [2.05, 4.69) is 24.9 Å². The summed E-state index contributed by atoms with van der Waals surface area (Å²) >= 11 is 0. The fraction of sp³-hybridized carbons (Fsp3) is 0.694. The van der Waals surface area contributed by atoms with Crippen LogP contribution in [-0.2, 0) is 15.9 Å². The highest BCUT2D eigenvalue weighted by Crippen LogP contribution is 2.26. The molecular formula is C36H56FNO3. The number of aromatic nitrogens is 1. The molecule has 0 atom stereocenters. The molecule has 1 aliphatic rings. The second kappa shape index (κ2) is 20.8. The van der Waals surface area contributed by atoms with Crippen molar-refractivity contribution in [1.82, 2.24) is 4.98 Å². The largest absolute Gasteiger partial charge is 0.491 e. The van der Waals surface area contributed by atoms with Gasteiger partial charge in [-0.25, -0.2) is 4.39 Å². The highest BCUT2D eigenvalue weighted by molar-refractivity contribution is 5.60. The minimum atomic E-state index is -0.333. The lowest BCUT2D eigenvalue weighted by molar-refractivity contribution is -0.203. The molecule has 0 saturated carbocycles. The maximum absolute atomic E-state index is 14.6. The van der Waals surface area contributed by atoms with Gasteiger partial charge in [-0.15, -0.1) is 0 Å². The lowest BCUT2D eigenvalue weighted by atomic mass is 10.0. The van der Waals surface area contributed by atoms with Gasteiger partial charge < -0.3 is 14.2 Å². The van der Waals surface area contributed by atoms with Crippen molar-refractivity contribution in [1.29, 1.82) is 0 Å². The third-order valence-electron chi connectivity index (χ3n) is 8.23. The first kappa shape index (κ1) is 33.5. The summed E-state index contributed by atoms with van der Waals surface area (Å²) in [5.74, 6) is 0.517. The van der Waals surface area contributed by atoms with Gasteiger partial charge in [0, 0.05) is 24.1 Å². The van der Waals surface area contributed by atoms with Gasteiger partial charge >= 0.3 is 0 Å². The molecule has 2 heterocycles. The smallest absolute Gasteiger partial charge is 0.165 e. The Morgan fingerprint density at radius 3 is 2.00 bits per heavy atom. The Balaban J connectivity index is 1.26. The van der Waals surface area contributed by atoms with Gasteiger partial charge in [-0.3, -0.25) is 4.98 Å². The average molecular weight is 570 g/mol. The standard InChI is InChI=1S/C36H56FNO3/c1-3-5-7-9-10-11-12-13-14-16-18-31-28-40-36(41-29-31)24-20-30-19-22-34(38-27-30)32-21-23-35(33(37)26-32)39-25-17-15-8-6-4-2/h19,21-23,26-27,31,36H,3-18,20,24-25,28-29H2,1-2H3. The van der Waals surface area contributed by atoms with Crippen LogP contribution in [0.4, 0.5) is 4.39 Å². The van der Waals surface area contributed by atoms with Crippen LogP contribution in [0.5, 0.6) is 5.75 Å². The molecule has 0 radical (unpaired) electrons. The van der Waals surface area contributed by atoms with Gasteiger partial charge in [0.1, 0.15) is 0 Å². The summed E-state index contributed by atoms with van der Waals surface area (Å²) in [4.78, 5) is 4.59. The number of rotatable bonds is 22. The Morgan fingerprint density at radius 1 is 0.756 bits per heavy atom. The van der Waals surface area contributed by atoms with Crippen LogP contribution in [0, 0.1) is 11.7 Å². The van der Waals surface area contributed by atoms with E-state index in [9.17, 15) is 4.39 Å². The molecule has 0 aliphatic carbocycles. The van der Waals surface area contributed by atoms with Gasteiger partial charge in [0.25, 0.3) is 0 Å². The molecule has 1 aromatic heterocycles. The Kier molecular flexibility index (Phi) is 17.0. The zero-order chi connectivity index (χ0) is 29.0. The third kappa shape index (κ3) is 13.7. The Labute approximate surface area is 249 Å². The maximum atomic E-state index is 14.6. The number of aryl methyl sites for hydroxylation is 1. The monoisotopic (exact) mass is 569 g/mol. The molecule has 0 unspecified atom stereocenters. The maximum Gasteiger partial charge on any atom is 0.165 e. The predicted molar refractivity (Wildman–Crippen MR) is 168 cm³/mol. The van der Waals surface area contributed by atoms with E-state index in [0.29, 0.717) is 18.3 Å². The predicted octanol–water partition coefficient (Wildman–Crippen LogP) is 10.5. The number of halogens is 1. The summed E-state index contributed by atoms with van der Waals surface area (Å²) in [5.41, 5.74) is 2.66. The minimum Gasteiger partial charge on any atom is -0.491 e. The van der Waals surface area contributed by atoms with Crippen molar-refractivity contribution in [3.05, 3.63) is 47.9 Å². The van der Waals surface area contributed by atoms with E-state index >= 15 is 0 Å². The van der Waals surface area contributed by atoms with E-state index in [4.69, 9.17) is 14.2 Å². The van der Waals surface area contributed by atoms with Crippen LogP contribution in [0.3, 0.4) is 0 Å². The van der Waals surface area contributed by atoms with Crippen LogP contribution in [0.25, 0.3) is 11.3 Å². The molecule has 1 aromatic carbocycles. The van der Waals surface area contributed by atoms with Crippen molar-refractivity contribution in [3.63, 3.8) is 0 Å². The number of benzene rings is 1. The van der Waals surface area contributed by atoms with E-state index < -0.39 is 0 Å². The molecule has 1 fully saturated rings. The molecule has 3 rings (SSSR count). The van der Waals surface area contributed by atoms with Gasteiger partial charge in [-0.1, -0.05) is 110 Å². The summed E-state index contributed by atoms with van der Waals surface area (Å²) in [6, 6.07) is 9.15. The molecule has 0 spiro atoms. The van der Waals surface area contributed by atoms with Crippen molar-refractivity contribution in [2.45, 2.75) is 136 Å². The zero-order valence-corrected chi connectivity index (χ0v) is 26.0. The summed E-state index contributed by atoms with van der Waals surface area (Å²) in [6.45, 7) is 6.65. The van der Waals surface area contributed by atoms with Crippen LogP contribution < -0.4 is 4.74 Å². The molecule has 0 amide bonds. The molecule has 41 heavy (non-hydrogen) atoms. The normalized spacial score (nSPS) is 17.1. The van der Waals surface area contributed by atoms with Crippen molar-refractivity contribution in [3.8, 4) is 17.0 Å². The van der Waals surface area contributed by atoms with Crippen LogP contribution >= 0.6 is 0 Å². The summed E-state index contributed by atoms with van der Waals surface area (Å²) in [5, 5.41) is 0. The Bertz CT molecular complexity index is 927. The summed E-state index contributed by atoms with van der Waals surface area (Å²) < 4.78 is 32.3. The molecule has 0 N–H and O–H groups in total. The molecule has 1 aliphatic heterocycles. The average Bonchev–Trinajstić information content (AvgIpc) is 3.00. The van der Waals surface area contributed by atoms with Crippen LogP contribution in [0.1, 0.15) is 129 Å². The summed E-state index contributed by atoms with van der Waals surface area (Å²) in [7, 11) is 0. The number of pyridine rings is 1. The molecule has 230 valence electrons.